The molecule has 0 saturated carbocycles. The number of aliphatic hydroxyl groups excluding tert-OH is 1. The van der Waals surface area contributed by atoms with Gasteiger partial charge in [-0.2, -0.15) is 0 Å². The number of phenols is 1. The van der Waals surface area contributed by atoms with Crippen molar-refractivity contribution in [1.82, 2.24) is 10.3 Å². The molecular weight excluding hydrogens is 390 g/mol. The van der Waals surface area contributed by atoms with Gasteiger partial charge in [0.2, 0.25) is 5.56 Å². The third-order valence-electron chi connectivity index (χ3n) is 4.34. The summed E-state index contributed by atoms with van der Waals surface area (Å²) in [6.07, 6.45) is 0.325. The van der Waals surface area contributed by atoms with Crippen LogP contribution in [0.5, 0.6) is 5.75 Å². The summed E-state index contributed by atoms with van der Waals surface area (Å²) in [5.41, 5.74) is 1.12. The summed E-state index contributed by atoms with van der Waals surface area (Å²) in [6.45, 7) is 0.818. The van der Waals surface area contributed by atoms with Gasteiger partial charge in [-0.25, -0.2) is 8.78 Å². The first-order chi connectivity index (χ1) is 12.9. The molecule has 0 aliphatic carbocycles. The second kappa shape index (κ2) is 9.64. The van der Waals surface area contributed by atoms with Gasteiger partial charge in [-0.1, -0.05) is 6.07 Å². The minimum atomic E-state index is -0.842. The fraction of sp³-hybridized carbons (Fsp3) is 0.250. The zero-order valence-electron chi connectivity index (χ0n) is 14.9. The number of halogens is 3. The highest BCUT2D eigenvalue weighted by molar-refractivity contribution is 5.87. The molecule has 8 heteroatoms. The fourth-order valence-electron chi connectivity index (χ4n) is 3.07. The summed E-state index contributed by atoms with van der Waals surface area (Å²) >= 11 is 0. The predicted octanol–water partition coefficient (Wildman–Crippen LogP) is 3.19. The van der Waals surface area contributed by atoms with Crippen molar-refractivity contribution in [2.75, 3.05) is 13.1 Å². The summed E-state index contributed by atoms with van der Waals surface area (Å²) in [7, 11) is 0. The largest absolute Gasteiger partial charge is 0.506 e. The van der Waals surface area contributed by atoms with Crippen molar-refractivity contribution in [1.29, 1.82) is 0 Å². The van der Waals surface area contributed by atoms with Crippen LogP contribution in [0.25, 0.3) is 10.9 Å². The van der Waals surface area contributed by atoms with E-state index in [9.17, 15) is 23.8 Å². The van der Waals surface area contributed by atoms with Crippen LogP contribution >= 0.6 is 12.4 Å². The Hall–Kier alpha value is -2.48. The first kappa shape index (κ1) is 21.8. The van der Waals surface area contributed by atoms with Crippen LogP contribution in [0.15, 0.2) is 47.3 Å². The zero-order chi connectivity index (χ0) is 19.4. The molecule has 0 bridgehead atoms. The van der Waals surface area contributed by atoms with Gasteiger partial charge in [0.15, 0.2) is 0 Å². The molecule has 3 aromatic rings. The topological polar surface area (TPSA) is 85.3 Å². The molecule has 1 unspecified atom stereocenters. The van der Waals surface area contributed by atoms with Gasteiger partial charge >= 0.3 is 0 Å². The molecule has 28 heavy (non-hydrogen) atoms. The lowest BCUT2D eigenvalue weighted by Gasteiger charge is -2.15. The van der Waals surface area contributed by atoms with Crippen molar-refractivity contribution in [2.24, 2.45) is 0 Å². The lowest BCUT2D eigenvalue weighted by Crippen LogP contribution is -2.23. The lowest BCUT2D eigenvalue weighted by molar-refractivity contribution is 0.176. The van der Waals surface area contributed by atoms with Crippen LogP contribution in [0, 0.1) is 11.6 Å². The van der Waals surface area contributed by atoms with E-state index in [1.165, 1.54) is 24.3 Å². The van der Waals surface area contributed by atoms with E-state index in [-0.39, 0.29) is 35.8 Å². The maximum Gasteiger partial charge on any atom is 0.248 e. The van der Waals surface area contributed by atoms with Crippen molar-refractivity contribution in [3.63, 3.8) is 0 Å². The monoisotopic (exact) mass is 410 g/mol. The Balaban J connectivity index is 0.00000280. The third-order valence-corrected chi connectivity index (χ3v) is 4.34. The Morgan fingerprint density at radius 3 is 2.50 bits per heavy atom. The Bertz CT molecular complexity index is 990. The standard InChI is InChI=1S/C20H20F2N2O3.ClH/c21-13-8-12(9-14(22)10-13)2-1-7-23-11-18(26)15-3-5-17(25)20-16(15)4-6-19(27)24-20;/h3-6,8-10,18,23,25-26H,1-2,7,11H2,(H,24,27);1H. The number of fused-ring (bicyclic) bond motifs is 1. The van der Waals surface area contributed by atoms with E-state index in [1.807, 2.05) is 0 Å². The SMILES string of the molecule is Cl.O=c1ccc2c(C(O)CNCCCc3cc(F)cc(F)c3)ccc(O)c2[nH]1. The van der Waals surface area contributed by atoms with E-state index < -0.39 is 17.7 Å². The first-order valence-electron chi connectivity index (χ1n) is 8.62. The Kier molecular flexibility index (Phi) is 7.51. The van der Waals surface area contributed by atoms with Gasteiger partial charge in [0.25, 0.3) is 0 Å². The molecule has 0 amide bonds. The van der Waals surface area contributed by atoms with Crippen LogP contribution in [0.4, 0.5) is 8.78 Å². The number of pyridine rings is 1. The molecule has 1 heterocycles. The number of aromatic amines is 1. The number of aromatic nitrogens is 1. The molecule has 150 valence electrons. The van der Waals surface area contributed by atoms with E-state index in [0.29, 0.717) is 35.9 Å². The summed E-state index contributed by atoms with van der Waals surface area (Å²) in [4.78, 5) is 14.0. The number of hydrogen-bond donors (Lipinski definition) is 4. The van der Waals surface area contributed by atoms with E-state index in [4.69, 9.17) is 0 Å². The van der Waals surface area contributed by atoms with Crippen molar-refractivity contribution < 1.29 is 19.0 Å². The molecule has 3 rings (SSSR count). The van der Waals surface area contributed by atoms with E-state index in [0.717, 1.165) is 6.07 Å². The Morgan fingerprint density at radius 2 is 1.79 bits per heavy atom. The van der Waals surface area contributed by atoms with Crippen LogP contribution in [-0.2, 0) is 6.42 Å². The van der Waals surface area contributed by atoms with Crippen LogP contribution in [0.2, 0.25) is 0 Å². The molecule has 0 aliphatic rings. The maximum absolute atomic E-state index is 13.1. The van der Waals surface area contributed by atoms with Gasteiger partial charge in [-0.3, -0.25) is 4.79 Å². The highest BCUT2D eigenvalue weighted by Crippen LogP contribution is 2.28. The highest BCUT2D eigenvalue weighted by atomic mass is 35.5. The molecule has 1 aromatic heterocycles. The second-order valence-corrected chi connectivity index (χ2v) is 6.39. The summed E-state index contributed by atoms with van der Waals surface area (Å²) < 4.78 is 26.3. The van der Waals surface area contributed by atoms with Crippen LogP contribution < -0.4 is 10.9 Å². The van der Waals surface area contributed by atoms with Crippen molar-refractivity contribution >= 4 is 23.3 Å². The number of aliphatic hydroxyl groups is 1. The average Bonchev–Trinajstić information content (AvgIpc) is 2.61. The van der Waals surface area contributed by atoms with Crippen LogP contribution in [0.3, 0.4) is 0 Å². The van der Waals surface area contributed by atoms with E-state index >= 15 is 0 Å². The van der Waals surface area contributed by atoms with E-state index in [2.05, 4.69) is 10.3 Å². The van der Waals surface area contributed by atoms with Crippen LogP contribution in [-0.4, -0.2) is 28.3 Å². The molecule has 0 radical (unpaired) electrons. The number of rotatable bonds is 7. The fourth-order valence-corrected chi connectivity index (χ4v) is 3.07. The molecule has 1 atom stereocenters. The quantitative estimate of drug-likeness (QED) is 0.451. The smallest absolute Gasteiger partial charge is 0.248 e. The lowest BCUT2D eigenvalue weighted by atomic mass is 10.0. The van der Waals surface area contributed by atoms with Gasteiger partial charge in [0, 0.05) is 24.1 Å². The second-order valence-electron chi connectivity index (χ2n) is 6.39. The number of aromatic hydroxyl groups is 1. The van der Waals surface area contributed by atoms with E-state index in [1.54, 1.807) is 12.1 Å². The Morgan fingerprint density at radius 1 is 1.07 bits per heavy atom. The highest BCUT2D eigenvalue weighted by Gasteiger charge is 2.13. The normalized spacial score (nSPS) is 12.0. The zero-order valence-corrected chi connectivity index (χ0v) is 15.7. The third kappa shape index (κ3) is 5.28. The van der Waals surface area contributed by atoms with Crippen LogP contribution in [0.1, 0.15) is 23.7 Å². The maximum atomic E-state index is 13.1. The molecule has 5 nitrogen and oxygen atoms in total. The predicted molar refractivity (Wildman–Crippen MR) is 106 cm³/mol. The average molecular weight is 411 g/mol. The van der Waals surface area contributed by atoms with Gasteiger partial charge in [-0.15, -0.1) is 12.4 Å². The number of aryl methyl sites for hydroxylation is 1. The summed E-state index contributed by atoms with van der Waals surface area (Å²) in [6, 6.07) is 9.39. The number of hydrogen-bond acceptors (Lipinski definition) is 4. The minimum Gasteiger partial charge on any atom is -0.506 e. The number of H-pyrrole nitrogens is 1. The number of phenolic OH excluding ortho intramolecular Hbond substituents is 1. The molecule has 4 N–H and O–H groups in total. The van der Waals surface area contributed by atoms with Gasteiger partial charge < -0.3 is 20.5 Å². The molecule has 0 spiro atoms. The van der Waals surface area contributed by atoms with Gasteiger partial charge in [0.05, 0.1) is 11.6 Å². The number of benzene rings is 2. The Labute approximate surface area is 166 Å². The van der Waals surface area contributed by atoms with Gasteiger partial charge in [-0.05, 0) is 54.8 Å². The van der Waals surface area contributed by atoms with Gasteiger partial charge in [0.1, 0.15) is 17.4 Å². The molecule has 2 aromatic carbocycles. The van der Waals surface area contributed by atoms with Crippen molar-refractivity contribution in [3.8, 4) is 5.75 Å². The first-order valence-corrected chi connectivity index (χ1v) is 8.62. The number of nitrogens with one attached hydrogen (secondary N) is 2. The molecule has 0 fully saturated rings. The minimum absolute atomic E-state index is 0. The summed E-state index contributed by atoms with van der Waals surface area (Å²) in [5, 5.41) is 24.0. The molecule has 0 aliphatic heterocycles. The molecular formula is C20H21ClF2N2O3. The molecule has 0 saturated heterocycles. The van der Waals surface area contributed by atoms with Crippen molar-refractivity contribution in [3.05, 3.63) is 75.6 Å². The van der Waals surface area contributed by atoms with Crippen molar-refractivity contribution in [2.45, 2.75) is 18.9 Å². The summed E-state index contributed by atoms with van der Waals surface area (Å²) in [5.74, 6) is -1.25.